The van der Waals surface area contributed by atoms with Crippen LogP contribution in [-0.2, 0) is 4.74 Å². The summed E-state index contributed by atoms with van der Waals surface area (Å²) in [6.07, 6.45) is 1.86. The summed E-state index contributed by atoms with van der Waals surface area (Å²) in [5, 5.41) is 11.0. The zero-order valence-electron chi connectivity index (χ0n) is 12.6. The number of amides is 1. The Labute approximate surface area is 125 Å². The molecule has 0 aromatic rings. The third kappa shape index (κ3) is 3.23. The smallest absolute Gasteiger partial charge is 0.410 e. The van der Waals surface area contributed by atoms with Crippen LogP contribution in [0.5, 0.6) is 0 Å². The Kier molecular flexibility index (Phi) is 4.29. The van der Waals surface area contributed by atoms with Crippen molar-refractivity contribution in [3.05, 3.63) is 0 Å². The highest BCUT2D eigenvalue weighted by Crippen LogP contribution is 2.39. The lowest BCUT2D eigenvalue weighted by atomic mass is 9.75. The molecule has 0 radical (unpaired) electrons. The second kappa shape index (κ2) is 5.39. The standard InChI is InChI=1S/C14H26N2O3S/c1-12(2,3)19-11(17)16-7-4-5-14(18,9-16)13(15)6-8-20-10-13/h18H,4-10,15H2,1-3H3. The highest BCUT2D eigenvalue weighted by atomic mass is 32.2. The van der Waals surface area contributed by atoms with E-state index in [0.717, 1.165) is 24.3 Å². The predicted octanol–water partition coefficient (Wildman–Crippen LogP) is 1.58. The van der Waals surface area contributed by atoms with Crippen LogP contribution in [0.3, 0.4) is 0 Å². The number of rotatable bonds is 1. The summed E-state index contributed by atoms with van der Waals surface area (Å²) in [6, 6.07) is 0. The highest BCUT2D eigenvalue weighted by molar-refractivity contribution is 7.99. The molecule has 116 valence electrons. The van der Waals surface area contributed by atoms with Crippen molar-refractivity contribution in [2.45, 2.75) is 56.8 Å². The monoisotopic (exact) mass is 302 g/mol. The van der Waals surface area contributed by atoms with E-state index in [0.29, 0.717) is 13.0 Å². The Hall–Kier alpha value is -0.460. The summed E-state index contributed by atoms with van der Waals surface area (Å²) >= 11 is 1.77. The topological polar surface area (TPSA) is 75.8 Å². The van der Waals surface area contributed by atoms with Gasteiger partial charge in [-0.25, -0.2) is 4.79 Å². The third-order valence-corrected chi connectivity index (χ3v) is 5.31. The van der Waals surface area contributed by atoms with Gasteiger partial charge in [0.05, 0.1) is 12.1 Å². The molecule has 0 bridgehead atoms. The van der Waals surface area contributed by atoms with E-state index >= 15 is 0 Å². The maximum atomic E-state index is 12.2. The number of nitrogens with two attached hydrogens (primary N) is 1. The van der Waals surface area contributed by atoms with Crippen LogP contribution >= 0.6 is 11.8 Å². The van der Waals surface area contributed by atoms with Crippen LogP contribution in [-0.4, -0.2) is 57.4 Å². The average Bonchev–Trinajstić information content (AvgIpc) is 2.76. The molecule has 0 saturated carbocycles. The summed E-state index contributed by atoms with van der Waals surface area (Å²) in [5.41, 5.74) is 4.31. The number of piperidine rings is 1. The number of hydrogen-bond acceptors (Lipinski definition) is 5. The summed E-state index contributed by atoms with van der Waals surface area (Å²) in [7, 11) is 0. The molecule has 20 heavy (non-hydrogen) atoms. The number of ether oxygens (including phenoxy) is 1. The van der Waals surface area contributed by atoms with Crippen molar-refractivity contribution in [1.82, 2.24) is 4.90 Å². The Bertz CT molecular complexity index is 377. The lowest BCUT2D eigenvalue weighted by molar-refractivity contribution is -0.0817. The second-order valence-corrected chi connectivity index (χ2v) is 8.10. The first-order valence-electron chi connectivity index (χ1n) is 7.22. The molecule has 2 saturated heterocycles. The third-order valence-electron chi connectivity index (χ3n) is 4.10. The average molecular weight is 302 g/mol. The van der Waals surface area contributed by atoms with Crippen LogP contribution in [0.2, 0.25) is 0 Å². The van der Waals surface area contributed by atoms with Crippen molar-refractivity contribution < 1.29 is 14.6 Å². The highest BCUT2D eigenvalue weighted by Gasteiger charge is 2.52. The second-order valence-electron chi connectivity index (χ2n) is 7.00. The number of hydrogen-bond donors (Lipinski definition) is 2. The van der Waals surface area contributed by atoms with Crippen LogP contribution in [0.25, 0.3) is 0 Å². The number of carbonyl (C=O) groups excluding carboxylic acids is 1. The number of thioether (sulfide) groups is 1. The van der Waals surface area contributed by atoms with Crippen LogP contribution in [0.4, 0.5) is 4.79 Å². The molecule has 2 aliphatic rings. The molecule has 5 nitrogen and oxygen atoms in total. The van der Waals surface area contributed by atoms with Crippen LogP contribution in [0.1, 0.15) is 40.0 Å². The van der Waals surface area contributed by atoms with Crippen molar-refractivity contribution in [2.75, 3.05) is 24.6 Å². The predicted molar refractivity (Wildman–Crippen MR) is 80.9 cm³/mol. The van der Waals surface area contributed by atoms with Gasteiger partial charge in [-0.15, -0.1) is 0 Å². The van der Waals surface area contributed by atoms with Gasteiger partial charge in [0.15, 0.2) is 0 Å². The largest absolute Gasteiger partial charge is 0.444 e. The first-order chi connectivity index (χ1) is 9.15. The lowest BCUT2D eigenvalue weighted by Crippen LogP contribution is -2.67. The van der Waals surface area contributed by atoms with Crippen molar-refractivity contribution in [2.24, 2.45) is 5.73 Å². The molecule has 2 heterocycles. The van der Waals surface area contributed by atoms with E-state index in [1.54, 1.807) is 16.7 Å². The molecule has 2 aliphatic heterocycles. The van der Waals surface area contributed by atoms with Gasteiger partial charge < -0.3 is 20.5 Å². The molecule has 0 aromatic carbocycles. The van der Waals surface area contributed by atoms with Gasteiger partial charge in [-0.05, 0) is 45.8 Å². The van der Waals surface area contributed by atoms with E-state index in [9.17, 15) is 9.90 Å². The summed E-state index contributed by atoms with van der Waals surface area (Å²) in [6.45, 7) is 6.44. The van der Waals surface area contributed by atoms with E-state index in [1.165, 1.54) is 0 Å². The molecular formula is C14H26N2O3S. The molecule has 2 fully saturated rings. The van der Waals surface area contributed by atoms with Gasteiger partial charge >= 0.3 is 6.09 Å². The number of β-amino-alcohol motifs (C(OH)–C–C–N with tert-alkyl or cyclic N) is 1. The van der Waals surface area contributed by atoms with Crippen molar-refractivity contribution in [1.29, 1.82) is 0 Å². The molecule has 6 heteroatoms. The molecule has 0 aliphatic carbocycles. The minimum absolute atomic E-state index is 0.277. The minimum Gasteiger partial charge on any atom is -0.444 e. The SMILES string of the molecule is CC(C)(C)OC(=O)N1CCCC(O)(C2(N)CCSC2)C1. The molecule has 0 aromatic heterocycles. The summed E-state index contributed by atoms with van der Waals surface area (Å²) in [5.74, 6) is 1.73. The normalized spacial score (nSPS) is 35.1. The fraction of sp³-hybridized carbons (Fsp3) is 0.929. The van der Waals surface area contributed by atoms with Crippen molar-refractivity contribution >= 4 is 17.9 Å². The summed E-state index contributed by atoms with van der Waals surface area (Å²) in [4.78, 5) is 13.8. The minimum atomic E-state index is -0.994. The maximum absolute atomic E-state index is 12.2. The van der Waals surface area contributed by atoms with Crippen molar-refractivity contribution in [3.63, 3.8) is 0 Å². The number of aliphatic hydroxyl groups is 1. The van der Waals surface area contributed by atoms with E-state index in [2.05, 4.69) is 0 Å². The Morgan fingerprint density at radius 3 is 2.65 bits per heavy atom. The molecule has 1 amide bonds. The van der Waals surface area contributed by atoms with Crippen molar-refractivity contribution in [3.8, 4) is 0 Å². The Balaban J connectivity index is 2.06. The van der Waals surface area contributed by atoms with Crippen LogP contribution < -0.4 is 5.73 Å². The number of nitrogens with zero attached hydrogens (tertiary/aromatic N) is 1. The van der Waals surface area contributed by atoms with Gasteiger partial charge in [0.2, 0.25) is 0 Å². The zero-order chi connectivity index (χ0) is 15.0. The van der Waals surface area contributed by atoms with Gasteiger partial charge in [0.25, 0.3) is 0 Å². The van der Waals surface area contributed by atoms with E-state index in [4.69, 9.17) is 10.5 Å². The molecule has 2 atom stereocenters. The first kappa shape index (κ1) is 15.9. The lowest BCUT2D eigenvalue weighted by Gasteiger charge is -2.47. The maximum Gasteiger partial charge on any atom is 0.410 e. The van der Waals surface area contributed by atoms with Gasteiger partial charge in [0, 0.05) is 12.3 Å². The fourth-order valence-electron chi connectivity index (χ4n) is 2.87. The van der Waals surface area contributed by atoms with E-state index < -0.39 is 16.7 Å². The molecule has 0 spiro atoms. The Morgan fingerprint density at radius 1 is 1.40 bits per heavy atom. The first-order valence-corrected chi connectivity index (χ1v) is 8.38. The zero-order valence-corrected chi connectivity index (χ0v) is 13.5. The quantitative estimate of drug-likeness (QED) is 0.769. The molecule has 3 N–H and O–H groups in total. The van der Waals surface area contributed by atoms with Gasteiger partial charge in [-0.1, -0.05) is 0 Å². The molecular weight excluding hydrogens is 276 g/mol. The summed E-state index contributed by atoms with van der Waals surface area (Å²) < 4.78 is 5.40. The van der Waals surface area contributed by atoms with Gasteiger partial charge in [-0.3, -0.25) is 0 Å². The van der Waals surface area contributed by atoms with E-state index in [-0.39, 0.29) is 12.6 Å². The van der Waals surface area contributed by atoms with Crippen LogP contribution in [0.15, 0.2) is 0 Å². The molecule has 2 rings (SSSR count). The number of likely N-dealkylation sites (tertiary alicyclic amines) is 1. The van der Waals surface area contributed by atoms with Gasteiger partial charge in [0.1, 0.15) is 11.2 Å². The Morgan fingerprint density at radius 2 is 2.10 bits per heavy atom. The fourth-order valence-corrected chi connectivity index (χ4v) is 4.30. The van der Waals surface area contributed by atoms with Crippen LogP contribution in [0, 0.1) is 0 Å². The van der Waals surface area contributed by atoms with E-state index in [1.807, 2.05) is 20.8 Å². The van der Waals surface area contributed by atoms with Gasteiger partial charge in [-0.2, -0.15) is 11.8 Å². The molecule has 2 unspecified atom stereocenters. The number of carbonyl (C=O) groups is 1.